The summed E-state index contributed by atoms with van der Waals surface area (Å²) in [5.41, 5.74) is 11.6. The lowest BCUT2D eigenvalue weighted by Crippen LogP contribution is -2.14. The Morgan fingerprint density at radius 3 is 1.08 bits per heavy atom. The first-order valence-corrected chi connectivity index (χ1v) is 52.6. The molecule has 0 saturated carbocycles. The first-order chi connectivity index (χ1) is 39.5. The summed E-state index contributed by atoms with van der Waals surface area (Å²) in [4.78, 5) is 6.94. The largest absolute Gasteiger partial charge is 0.455 e. The zero-order valence-corrected chi connectivity index (χ0v) is 66.8. The highest BCUT2D eigenvalue weighted by atomic mass is 79.9. The summed E-state index contributed by atoms with van der Waals surface area (Å²) in [6.45, 7) is 27.8. The average molecular weight is 1470 g/mol. The van der Waals surface area contributed by atoms with Gasteiger partial charge in [0.05, 0.1) is 19.6 Å². The fourth-order valence-corrected chi connectivity index (χ4v) is 138. The van der Waals surface area contributed by atoms with Crippen LogP contribution in [-0.2, 0) is 21.7 Å². The zero-order chi connectivity index (χ0) is 61.3. The van der Waals surface area contributed by atoms with E-state index in [0.717, 1.165) is 78.6 Å². The molecule has 0 spiro atoms. The maximum Gasteiger partial charge on any atom is 0.143 e. The van der Waals surface area contributed by atoms with E-state index >= 15 is 0 Å². The number of para-hydroxylation sites is 2. The molecule has 452 valence electrons. The van der Waals surface area contributed by atoms with Crippen molar-refractivity contribution in [3.63, 3.8) is 0 Å². The predicted octanol–water partition coefficient (Wildman–Crippen LogP) is 28.6. The Morgan fingerprint density at radius 2 is 0.741 bits per heavy atom. The number of nitrogens with one attached hydrogen (secondary N) is 1. The van der Waals surface area contributed by atoms with Gasteiger partial charge < -0.3 is 19.7 Å². The standard InChI is InChI=1S/C32H33NOS.C20H27N.C12H7BrOS.CH4.H15P13/c1-31(2,3)22-11-15-24(16-12-22)33(25-17-13-23(14-18-25)32(4,5)6)26-19-20-30-28(21-26)34-27-9-7-8-10-29(27)35-30;1-19(2,3)15-7-11-17(12-8-15)21-18-13-9-16(10-14-18)20(4,5)6;13-8-5-6-12-10(7-8)14-9-3-1-2-4-11(9)15-12;;1-8-12(9(2)3)13(10(4)5)11(6)7/h7-21H,1-6H3;7-14,21H,1-6H3;1-7H;1H4;8H,1-7H2. The topological polar surface area (TPSA) is 33.7 Å². The molecule has 0 saturated heterocycles. The van der Waals surface area contributed by atoms with Crippen molar-refractivity contribution >= 4 is 173 Å². The van der Waals surface area contributed by atoms with Crippen molar-refractivity contribution in [1.82, 2.24) is 0 Å². The van der Waals surface area contributed by atoms with Gasteiger partial charge >= 0.3 is 0 Å². The van der Waals surface area contributed by atoms with Gasteiger partial charge in [-0.3, -0.25) is 0 Å². The number of anilines is 5. The Balaban J connectivity index is 0.000000197. The van der Waals surface area contributed by atoms with E-state index in [-0.39, 0.29) is 64.0 Å². The molecule has 8 aromatic carbocycles. The fraction of sp³-hybridized carbons (Fsp3) is 0.262. The molecule has 2 heterocycles. The van der Waals surface area contributed by atoms with Gasteiger partial charge in [-0.2, -0.15) is 0 Å². The number of fused-ring (bicyclic) bond motifs is 4. The van der Waals surface area contributed by atoms with Gasteiger partial charge in [0, 0.05) is 39.0 Å². The van der Waals surface area contributed by atoms with Crippen molar-refractivity contribution in [2.24, 2.45) is 0 Å². The molecule has 20 heteroatoms. The second-order valence-corrected chi connectivity index (χ2v) is 74.6. The molecule has 0 fully saturated rings. The molecule has 0 radical (unpaired) electrons. The van der Waals surface area contributed by atoms with Gasteiger partial charge in [0.15, 0.2) is 0 Å². The number of nitrogens with zero attached hydrogens (tertiary/aromatic N) is 1. The van der Waals surface area contributed by atoms with Crippen LogP contribution in [0.3, 0.4) is 0 Å². The van der Waals surface area contributed by atoms with Crippen LogP contribution in [0.2, 0.25) is 0 Å². The molecule has 4 nitrogen and oxygen atoms in total. The molecule has 2 aliphatic rings. The molecule has 8 aromatic rings. The van der Waals surface area contributed by atoms with Gasteiger partial charge in [-0.05, 0) is 182 Å². The van der Waals surface area contributed by atoms with E-state index in [1.54, 1.807) is 23.5 Å². The minimum atomic E-state index is 0. The molecule has 9 unspecified atom stereocenters. The Labute approximate surface area is 551 Å². The Morgan fingerprint density at radius 1 is 0.412 bits per heavy atom. The summed E-state index contributed by atoms with van der Waals surface area (Å²) >= 11 is 6.95. The van der Waals surface area contributed by atoms with Crippen LogP contribution in [0.4, 0.5) is 28.4 Å². The SMILES string of the molecule is Brc1ccc2c(c1)Oc1ccccc1S2.C.CC(C)(C)c1ccc(N(c2ccc(C(C)(C)C)cc2)c2ccc3c(c2)Oc2ccccc2S3)cc1.CC(C)(C)c1ccc(Nc2ccc(C(C)(C)C)cc2)cc1.PPP(P(P)P)P(P(P)P)P(P)P. The average Bonchev–Trinajstić information content (AvgIpc) is 2.93. The first-order valence-electron chi connectivity index (χ1n) is 27.3. The number of halogens is 1. The van der Waals surface area contributed by atoms with E-state index in [0.29, 0.717) is 0 Å². The predicted molar refractivity (Wildman–Crippen MR) is 425 cm³/mol. The van der Waals surface area contributed by atoms with Crippen molar-refractivity contribution in [3.05, 3.63) is 209 Å². The van der Waals surface area contributed by atoms with Crippen LogP contribution in [-0.4, -0.2) is 0 Å². The Bertz CT molecular complexity index is 3300. The number of benzene rings is 8. The van der Waals surface area contributed by atoms with Crippen LogP contribution < -0.4 is 19.7 Å². The van der Waals surface area contributed by atoms with Crippen molar-refractivity contribution in [2.75, 3.05) is 10.2 Å². The molecule has 9 atom stereocenters. The van der Waals surface area contributed by atoms with E-state index in [1.165, 1.54) is 27.1 Å². The summed E-state index contributed by atoms with van der Waals surface area (Å²) in [6.07, 6.45) is 0. The van der Waals surface area contributed by atoms with Crippen molar-refractivity contribution in [2.45, 2.75) is 132 Å². The number of hydrogen-bond acceptors (Lipinski definition) is 6. The summed E-state index contributed by atoms with van der Waals surface area (Å²) < 4.78 is 13.2. The second kappa shape index (κ2) is 33.0. The number of hydrogen-bond donors (Lipinski definition) is 1. The Kier molecular flexibility index (Phi) is 28.7. The van der Waals surface area contributed by atoms with Crippen LogP contribution in [0.15, 0.2) is 206 Å². The van der Waals surface area contributed by atoms with Crippen molar-refractivity contribution in [1.29, 1.82) is 0 Å². The van der Waals surface area contributed by atoms with E-state index in [4.69, 9.17) is 9.47 Å². The van der Waals surface area contributed by atoms with Gasteiger partial charge in [0.1, 0.15) is 23.0 Å². The van der Waals surface area contributed by atoms with Crippen molar-refractivity contribution < 1.29 is 9.47 Å². The smallest absolute Gasteiger partial charge is 0.143 e. The highest BCUT2D eigenvalue weighted by Crippen LogP contribution is 3.18. The van der Waals surface area contributed by atoms with Gasteiger partial charge in [0.25, 0.3) is 0 Å². The van der Waals surface area contributed by atoms with E-state index < -0.39 is 0 Å². The lowest BCUT2D eigenvalue weighted by Gasteiger charge is -2.34. The molecule has 85 heavy (non-hydrogen) atoms. The summed E-state index contributed by atoms with van der Waals surface area (Å²) in [5, 5.41) is 3.46. The molecule has 0 aliphatic carbocycles. The van der Waals surface area contributed by atoms with Crippen LogP contribution in [0, 0.1) is 0 Å². The molecule has 0 bridgehead atoms. The third kappa shape index (κ3) is 21.4. The quantitative estimate of drug-likeness (QED) is 0.137. The minimum Gasteiger partial charge on any atom is -0.455 e. The molecule has 1 N–H and O–H groups in total. The molecule has 0 amide bonds. The van der Waals surface area contributed by atoms with Crippen LogP contribution in [0.5, 0.6) is 23.0 Å². The molecule has 0 aromatic heterocycles. The van der Waals surface area contributed by atoms with E-state index in [1.807, 2.05) is 42.5 Å². The Hall–Kier alpha value is -0.270. The lowest BCUT2D eigenvalue weighted by molar-refractivity contribution is 0.454. The summed E-state index contributed by atoms with van der Waals surface area (Å²) in [5.74, 6) is 3.67. The van der Waals surface area contributed by atoms with E-state index in [2.05, 4.69) is 311 Å². The van der Waals surface area contributed by atoms with Crippen LogP contribution >= 0.6 is 145 Å². The van der Waals surface area contributed by atoms with Gasteiger partial charge in [0.2, 0.25) is 0 Å². The van der Waals surface area contributed by atoms with E-state index in [9.17, 15) is 0 Å². The molecule has 10 rings (SSSR count). The van der Waals surface area contributed by atoms with Gasteiger partial charge in [-0.1, -0.05) is 211 Å². The molecule has 2 aliphatic heterocycles. The summed E-state index contributed by atoms with van der Waals surface area (Å²) in [7, 11) is 22.2. The third-order valence-electron chi connectivity index (χ3n) is 13.4. The number of ether oxygens (including phenoxy) is 2. The van der Waals surface area contributed by atoms with Crippen molar-refractivity contribution in [3.8, 4) is 23.0 Å². The highest BCUT2D eigenvalue weighted by Gasteiger charge is 2.29. The minimum absolute atomic E-state index is 0. The highest BCUT2D eigenvalue weighted by molar-refractivity contribution is 9.24. The summed E-state index contributed by atoms with van der Waals surface area (Å²) in [6, 6.07) is 64.2. The number of rotatable bonds is 10. The monoisotopic (exact) mass is 1470 g/mol. The van der Waals surface area contributed by atoms with Gasteiger partial charge in [-0.15, -0.1) is 62.5 Å². The lowest BCUT2D eigenvalue weighted by atomic mass is 9.86. The molecular weight excluding hydrogens is 1390 g/mol. The maximum absolute atomic E-state index is 6.32. The van der Waals surface area contributed by atoms with Crippen LogP contribution in [0.1, 0.15) is 113 Å². The van der Waals surface area contributed by atoms with Gasteiger partial charge in [-0.25, -0.2) is 0 Å². The second-order valence-electron chi connectivity index (χ2n) is 24.1. The van der Waals surface area contributed by atoms with Crippen LogP contribution in [0.25, 0.3) is 0 Å². The zero-order valence-electron chi connectivity index (χ0n) is 50.1. The maximum atomic E-state index is 6.32. The normalized spacial score (nSPS) is 13.0. The first kappa shape index (κ1) is 73.8. The fourth-order valence-electron chi connectivity index (χ4n) is 8.62. The third-order valence-corrected chi connectivity index (χ3v) is 89.4. The molecular formula is C65H86BrN2O2P13S2.